The number of hydrogen-bond acceptors (Lipinski definition) is 8. The van der Waals surface area contributed by atoms with Crippen molar-refractivity contribution in [2.75, 3.05) is 53.2 Å². The van der Waals surface area contributed by atoms with Crippen LogP contribution < -0.4 is 20.4 Å². The fourth-order valence-corrected chi connectivity index (χ4v) is 5.21. The molecule has 36 heavy (non-hydrogen) atoms. The molecule has 1 atom stereocenters. The zero-order valence-electron chi connectivity index (χ0n) is 21.3. The van der Waals surface area contributed by atoms with Crippen molar-refractivity contribution in [1.82, 2.24) is 9.97 Å². The van der Waals surface area contributed by atoms with Crippen LogP contribution in [0.2, 0.25) is 0 Å². The van der Waals surface area contributed by atoms with Gasteiger partial charge < -0.3 is 30.6 Å². The van der Waals surface area contributed by atoms with Gasteiger partial charge in [0.15, 0.2) is 0 Å². The lowest BCUT2D eigenvalue weighted by atomic mass is 9.93. The molecule has 4 N–H and O–H groups in total. The van der Waals surface area contributed by atoms with Gasteiger partial charge in [-0.05, 0) is 82.1 Å². The highest BCUT2D eigenvalue weighted by molar-refractivity contribution is 6.07. The van der Waals surface area contributed by atoms with Gasteiger partial charge in [0.1, 0.15) is 23.3 Å². The van der Waals surface area contributed by atoms with Gasteiger partial charge in [-0.3, -0.25) is 4.79 Å². The number of aliphatic hydroxyl groups excluding tert-OH is 2. The maximum atomic E-state index is 13.5. The predicted octanol–water partition coefficient (Wildman–Crippen LogP) is 3.25. The Balaban J connectivity index is 1.37. The minimum absolute atomic E-state index is 0.0332. The zero-order chi connectivity index (χ0) is 25.3. The molecule has 194 valence electrons. The van der Waals surface area contributed by atoms with E-state index in [1.165, 1.54) is 12.8 Å². The first-order chi connectivity index (χ1) is 17.3. The van der Waals surface area contributed by atoms with E-state index in [4.69, 9.17) is 4.98 Å². The SMILES string of the molecule is CC(C)(CO)Nc1ccc(C(=O)Nc2cccc(N3CCC[C@H](O)C3)n2)c(N2CCC3(CC2)CC3)n1. The topological polar surface area (TPSA) is 114 Å². The number of pyridine rings is 2. The average molecular weight is 495 g/mol. The lowest BCUT2D eigenvalue weighted by Gasteiger charge is -2.34. The van der Waals surface area contributed by atoms with E-state index in [1.807, 2.05) is 26.0 Å². The lowest BCUT2D eigenvalue weighted by molar-refractivity contribution is 0.102. The number of aromatic nitrogens is 2. The second-order valence-corrected chi connectivity index (χ2v) is 11.3. The van der Waals surface area contributed by atoms with Crippen LogP contribution in [0, 0.1) is 5.41 Å². The highest BCUT2D eigenvalue weighted by atomic mass is 16.3. The smallest absolute Gasteiger partial charge is 0.260 e. The Labute approximate surface area is 212 Å². The largest absolute Gasteiger partial charge is 0.394 e. The molecule has 9 heteroatoms. The van der Waals surface area contributed by atoms with Crippen molar-refractivity contribution in [2.45, 2.75) is 64.0 Å². The van der Waals surface area contributed by atoms with Gasteiger partial charge in [-0.15, -0.1) is 0 Å². The van der Waals surface area contributed by atoms with Crippen LogP contribution >= 0.6 is 0 Å². The fraction of sp³-hybridized carbons (Fsp3) is 0.593. The van der Waals surface area contributed by atoms with E-state index in [0.29, 0.717) is 35.0 Å². The normalized spacial score (nSPS) is 21.4. The summed E-state index contributed by atoms with van der Waals surface area (Å²) in [6.45, 7) is 6.93. The first-order valence-electron chi connectivity index (χ1n) is 13.1. The van der Waals surface area contributed by atoms with Gasteiger partial charge in [0.25, 0.3) is 5.91 Å². The molecule has 3 fully saturated rings. The van der Waals surface area contributed by atoms with Crippen molar-refractivity contribution in [3.05, 3.63) is 35.9 Å². The zero-order valence-corrected chi connectivity index (χ0v) is 21.3. The molecule has 0 unspecified atom stereocenters. The molecule has 1 amide bonds. The Morgan fingerprint density at radius 3 is 2.53 bits per heavy atom. The molecule has 0 radical (unpaired) electrons. The van der Waals surface area contributed by atoms with Gasteiger partial charge in [-0.2, -0.15) is 0 Å². The predicted molar refractivity (Wildman–Crippen MR) is 142 cm³/mol. The van der Waals surface area contributed by atoms with E-state index in [9.17, 15) is 15.0 Å². The minimum atomic E-state index is -0.527. The highest BCUT2D eigenvalue weighted by Crippen LogP contribution is 2.54. The number of hydrogen-bond donors (Lipinski definition) is 4. The third-order valence-corrected chi connectivity index (χ3v) is 7.76. The van der Waals surface area contributed by atoms with Gasteiger partial charge in [-0.25, -0.2) is 9.97 Å². The van der Waals surface area contributed by atoms with E-state index < -0.39 is 5.54 Å². The van der Waals surface area contributed by atoms with Crippen LogP contribution in [0.15, 0.2) is 30.3 Å². The Hall–Kier alpha value is -2.91. The molecule has 5 rings (SSSR count). The number of β-amino-alcohol motifs (C(OH)–C–C–N with tert-alkyl or cyclic N) is 1. The molecule has 0 bridgehead atoms. The van der Waals surface area contributed by atoms with Gasteiger partial charge >= 0.3 is 0 Å². The number of piperidine rings is 2. The highest BCUT2D eigenvalue weighted by Gasteiger charge is 2.45. The van der Waals surface area contributed by atoms with Crippen LogP contribution in [0.1, 0.15) is 62.7 Å². The van der Waals surface area contributed by atoms with E-state index in [0.717, 1.165) is 51.1 Å². The Bertz CT molecular complexity index is 1090. The van der Waals surface area contributed by atoms with Crippen LogP contribution in [0.3, 0.4) is 0 Å². The van der Waals surface area contributed by atoms with Gasteiger partial charge in [0, 0.05) is 26.2 Å². The summed E-state index contributed by atoms with van der Waals surface area (Å²) in [6, 6.07) is 9.17. The quantitative estimate of drug-likeness (QED) is 0.464. The number of rotatable bonds is 7. The summed E-state index contributed by atoms with van der Waals surface area (Å²) in [5.74, 6) is 2.28. The van der Waals surface area contributed by atoms with Gasteiger partial charge in [0.05, 0.1) is 23.8 Å². The number of nitrogens with zero attached hydrogens (tertiary/aromatic N) is 4. The third kappa shape index (κ3) is 5.57. The molecular weight excluding hydrogens is 456 g/mol. The van der Waals surface area contributed by atoms with Crippen LogP contribution in [0.4, 0.5) is 23.3 Å². The van der Waals surface area contributed by atoms with Gasteiger partial charge in [-0.1, -0.05) is 6.07 Å². The average Bonchev–Trinajstić information content (AvgIpc) is 3.63. The molecule has 1 saturated carbocycles. The number of carbonyl (C=O) groups excluding carboxylic acids is 1. The molecule has 2 aromatic heterocycles. The summed E-state index contributed by atoms with van der Waals surface area (Å²) in [6.07, 6.45) is 6.24. The summed E-state index contributed by atoms with van der Waals surface area (Å²) in [5.41, 5.74) is 0.496. The van der Waals surface area contributed by atoms with E-state index in [2.05, 4.69) is 25.4 Å². The molecule has 0 aromatic carbocycles. The second kappa shape index (κ2) is 9.86. The van der Waals surface area contributed by atoms with Crippen molar-refractivity contribution in [1.29, 1.82) is 0 Å². The molecular formula is C27H38N6O3. The Morgan fingerprint density at radius 2 is 1.83 bits per heavy atom. The van der Waals surface area contributed by atoms with Crippen LogP contribution in [-0.2, 0) is 0 Å². The number of carbonyl (C=O) groups is 1. The Kier molecular flexibility index (Phi) is 6.78. The van der Waals surface area contributed by atoms with Crippen LogP contribution in [0.25, 0.3) is 0 Å². The van der Waals surface area contributed by atoms with E-state index in [-0.39, 0.29) is 18.6 Å². The molecule has 2 saturated heterocycles. The lowest BCUT2D eigenvalue weighted by Crippen LogP contribution is -2.38. The molecule has 9 nitrogen and oxygen atoms in total. The minimum Gasteiger partial charge on any atom is -0.394 e. The van der Waals surface area contributed by atoms with Crippen molar-refractivity contribution in [3.8, 4) is 0 Å². The van der Waals surface area contributed by atoms with Crippen molar-refractivity contribution in [2.24, 2.45) is 5.41 Å². The van der Waals surface area contributed by atoms with Crippen LogP contribution in [0.5, 0.6) is 0 Å². The fourth-order valence-electron chi connectivity index (χ4n) is 5.21. The standard InChI is InChI=1S/C27H38N6O3/c1-26(2,18-34)31-22-9-8-20(24(29-22)32-15-12-27(10-11-27)13-16-32)25(36)30-21-6-3-7-23(28-21)33-14-4-5-19(35)17-33/h3,6-9,19,34-35H,4-5,10-18H2,1-2H3,(H,29,31)(H,28,30,36)/t19-/m0/s1. The van der Waals surface area contributed by atoms with Crippen molar-refractivity contribution in [3.63, 3.8) is 0 Å². The summed E-state index contributed by atoms with van der Waals surface area (Å²) in [5, 5.41) is 26.0. The number of aliphatic hydroxyl groups is 2. The number of anilines is 4. The maximum absolute atomic E-state index is 13.5. The summed E-state index contributed by atoms with van der Waals surface area (Å²) in [7, 11) is 0. The molecule has 3 aliphatic rings. The van der Waals surface area contributed by atoms with E-state index in [1.54, 1.807) is 18.2 Å². The summed E-state index contributed by atoms with van der Waals surface area (Å²) >= 11 is 0. The molecule has 4 heterocycles. The van der Waals surface area contributed by atoms with E-state index >= 15 is 0 Å². The van der Waals surface area contributed by atoms with Crippen molar-refractivity contribution >= 4 is 29.2 Å². The number of amides is 1. The first kappa shape index (κ1) is 24.8. The maximum Gasteiger partial charge on any atom is 0.260 e. The molecule has 1 aliphatic carbocycles. The van der Waals surface area contributed by atoms with Crippen molar-refractivity contribution < 1.29 is 15.0 Å². The molecule has 2 aliphatic heterocycles. The first-order valence-corrected chi connectivity index (χ1v) is 13.1. The van der Waals surface area contributed by atoms with Gasteiger partial charge in [0.2, 0.25) is 0 Å². The summed E-state index contributed by atoms with van der Waals surface area (Å²) < 4.78 is 0. The Morgan fingerprint density at radius 1 is 1.06 bits per heavy atom. The summed E-state index contributed by atoms with van der Waals surface area (Å²) in [4.78, 5) is 27.2. The number of nitrogens with one attached hydrogen (secondary N) is 2. The molecule has 1 spiro atoms. The molecule has 2 aromatic rings. The second-order valence-electron chi connectivity index (χ2n) is 11.3. The van der Waals surface area contributed by atoms with Crippen LogP contribution in [-0.4, -0.2) is 70.5 Å². The third-order valence-electron chi connectivity index (χ3n) is 7.76. The monoisotopic (exact) mass is 494 g/mol.